The van der Waals surface area contributed by atoms with Crippen LogP contribution in [0.3, 0.4) is 0 Å². The second kappa shape index (κ2) is 3.92. The number of ether oxygens (including phenoxy) is 1. The number of carbonyl (C=O) groups is 1. The summed E-state index contributed by atoms with van der Waals surface area (Å²) in [5.41, 5.74) is 0. The van der Waals surface area contributed by atoms with Crippen LogP contribution in [-0.4, -0.2) is 47.2 Å². The molecule has 1 aliphatic rings. The van der Waals surface area contributed by atoms with E-state index in [9.17, 15) is 4.79 Å². The Labute approximate surface area is 73.3 Å². The fourth-order valence-corrected chi connectivity index (χ4v) is 1.38. The van der Waals surface area contributed by atoms with Crippen LogP contribution in [0, 0.1) is 0 Å². The van der Waals surface area contributed by atoms with Crippen LogP contribution in [0.2, 0.25) is 0 Å². The first-order valence-electron chi connectivity index (χ1n) is 3.39. The predicted octanol–water partition coefficient (Wildman–Crippen LogP) is 0.760. The first-order valence-corrected chi connectivity index (χ1v) is 4.51. The molecule has 1 atom stereocenters. The molecule has 0 aromatic rings. The molecule has 0 aromatic heterocycles. The minimum atomic E-state index is -0.862. The third-order valence-corrected chi connectivity index (χ3v) is 2.30. The summed E-state index contributed by atoms with van der Waals surface area (Å²) in [6, 6.07) is 0. The second-order valence-electron chi connectivity index (χ2n) is 2.38. The molecule has 64 valence electrons. The van der Waals surface area contributed by atoms with Crippen molar-refractivity contribution in [3.63, 3.8) is 0 Å². The molecule has 0 spiro atoms. The fraction of sp³-hybridized carbons (Fsp3) is 0.833. The zero-order chi connectivity index (χ0) is 8.27. The average Bonchev–Trinajstić information content (AvgIpc) is 2.05. The minimum Gasteiger partial charge on any atom is -0.465 e. The fourth-order valence-electron chi connectivity index (χ4n) is 0.986. The maximum absolute atomic E-state index is 10.5. The highest BCUT2D eigenvalue weighted by Gasteiger charge is 2.22. The number of morpholine rings is 1. The Morgan fingerprint density at radius 2 is 2.55 bits per heavy atom. The first-order chi connectivity index (χ1) is 5.24. The molecule has 5 heteroatoms. The Balaban J connectivity index is 2.39. The third-order valence-electron chi connectivity index (χ3n) is 1.58. The first kappa shape index (κ1) is 8.80. The molecule has 11 heavy (non-hydrogen) atoms. The van der Waals surface area contributed by atoms with Gasteiger partial charge in [-0.25, -0.2) is 4.79 Å². The molecule has 1 N–H and O–H groups in total. The molecule has 1 aliphatic heterocycles. The molecule has 1 heterocycles. The van der Waals surface area contributed by atoms with E-state index in [1.54, 1.807) is 0 Å². The second-order valence-corrected chi connectivity index (χ2v) is 3.02. The molecule has 1 amide bonds. The molecule has 0 radical (unpaired) electrons. The lowest BCUT2D eigenvalue weighted by molar-refractivity contribution is -0.00900. The van der Waals surface area contributed by atoms with Crippen LogP contribution in [0.4, 0.5) is 4.79 Å². The van der Waals surface area contributed by atoms with Crippen molar-refractivity contribution < 1.29 is 14.6 Å². The van der Waals surface area contributed by atoms with Gasteiger partial charge in [0, 0.05) is 11.9 Å². The predicted molar refractivity (Wildman–Crippen MR) is 43.1 cm³/mol. The van der Waals surface area contributed by atoms with Crippen molar-refractivity contribution >= 4 is 22.0 Å². The maximum atomic E-state index is 10.5. The van der Waals surface area contributed by atoms with Crippen molar-refractivity contribution in [2.45, 2.75) is 6.10 Å². The number of halogens is 1. The summed E-state index contributed by atoms with van der Waals surface area (Å²) >= 11 is 3.24. The van der Waals surface area contributed by atoms with Gasteiger partial charge in [-0.15, -0.1) is 0 Å². The monoisotopic (exact) mass is 223 g/mol. The van der Waals surface area contributed by atoms with Crippen molar-refractivity contribution in [3.05, 3.63) is 0 Å². The zero-order valence-electron chi connectivity index (χ0n) is 5.99. The summed E-state index contributed by atoms with van der Waals surface area (Å²) < 4.78 is 5.26. The van der Waals surface area contributed by atoms with Crippen LogP contribution in [0.5, 0.6) is 0 Å². The van der Waals surface area contributed by atoms with Crippen molar-refractivity contribution in [1.82, 2.24) is 4.90 Å². The summed E-state index contributed by atoms with van der Waals surface area (Å²) in [5, 5.41) is 9.30. The Bertz CT molecular complexity index is 153. The minimum absolute atomic E-state index is 0.0137. The van der Waals surface area contributed by atoms with Crippen LogP contribution >= 0.6 is 15.9 Å². The molecular weight excluding hydrogens is 214 g/mol. The Morgan fingerprint density at radius 1 is 1.82 bits per heavy atom. The maximum Gasteiger partial charge on any atom is 0.407 e. The van der Waals surface area contributed by atoms with Gasteiger partial charge < -0.3 is 14.7 Å². The van der Waals surface area contributed by atoms with E-state index >= 15 is 0 Å². The van der Waals surface area contributed by atoms with E-state index in [0.29, 0.717) is 25.0 Å². The van der Waals surface area contributed by atoms with E-state index in [1.807, 2.05) is 0 Å². The van der Waals surface area contributed by atoms with Crippen LogP contribution in [0.25, 0.3) is 0 Å². The van der Waals surface area contributed by atoms with Gasteiger partial charge in [-0.2, -0.15) is 0 Å². The van der Waals surface area contributed by atoms with Crippen LogP contribution in [0.15, 0.2) is 0 Å². The van der Waals surface area contributed by atoms with E-state index in [-0.39, 0.29) is 6.10 Å². The normalized spacial score (nSPS) is 25.2. The van der Waals surface area contributed by atoms with E-state index < -0.39 is 6.09 Å². The van der Waals surface area contributed by atoms with E-state index in [1.165, 1.54) is 4.90 Å². The number of hydrogen-bond donors (Lipinski definition) is 1. The molecule has 1 rings (SSSR count). The molecule has 1 saturated heterocycles. The lowest BCUT2D eigenvalue weighted by atomic mass is 10.3. The van der Waals surface area contributed by atoms with Crippen LogP contribution < -0.4 is 0 Å². The van der Waals surface area contributed by atoms with E-state index in [2.05, 4.69) is 15.9 Å². The lowest BCUT2D eigenvalue weighted by Gasteiger charge is -2.29. The van der Waals surface area contributed by atoms with Crippen LogP contribution in [0.1, 0.15) is 0 Å². The number of amides is 1. The molecule has 0 saturated carbocycles. The van der Waals surface area contributed by atoms with Gasteiger partial charge in [0.15, 0.2) is 0 Å². The summed E-state index contributed by atoms with van der Waals surface area (Å²) in [6.07, 6.45) is -0.848. The van der Waals surface area contributed by atoms with Gasteiger partial charge in [-0.3, -0.25) is 0 Å². The molecular formula is C6H10BrNO3. The largest absolute Gasteiger partial charge is 0.465 e. The summed E-state index contributed by atoms with van der Waals surface area (Å²) in [7, 11) is 0. The Kier molecular flexibility index (Phi) is 3.14. The summed E-state index contributed by atoms with van der Waals surface area (Å²) in [5.74, 6) is 0. The Hall–Kier alpha value is -0.290. The van der Waals surface area contributed by atoms with Gasteiger partial charge in [0.1, 0.15) is 0 Å². The van der Waals surface area contributed by atoms with Crippen molar-refractivity contribution in [2.75, 3.05) is 25.0 Å². The summed E-state index contributed by atoms with van der Waals surface area (Å²) in [4.78, 5) is 11.8. The van der Waals surface area contributed by atoms with E-state index in [0.717, 1.165) is 0 Å². The van der Waals surface area contributed by atoms with Gasteiger partial charge in [0.2, 0.25) is 0 Å². The highest BCUT2D eigenvalue weighted by atomic mass is 79.9. The highest BCUT2D eigenvalue weighted by molar-refractivity contribution is 9.09. The van der Waals surface area contributed by atoms with Gasteiger partial charge in [-0.05, 0) is 0 Å². The standard InChI is InChI=1S/C6H10BrNO3/c7-3-5-4-8(6(9)10)1-2-11-5/h5H,1-4H2,(H,9,10)/t5-/m1/s1. The van der Waals surface area contributed by atoms with Gasteiger partial charge >= 0.3 is 6.09 Å². The molecule has 0 unspecified atom stereocenters. The van der Waals surface area contributed by atoms with Gasteiger partial charge in [-0.1, -0.05) is 15.9 Å². The lowest BCUT2D eigenvalue weighted by Crippen LogP contribution is -2.45. The zero-order valence-corrected chi connectivity index (χ0v) is 7.58. The molecule has 0 bridgehead atoms. The summed E-state index contributed by atoms with van der Waals surface area (Å²) in [6.45, 7) is 1.46. The quantitative estimate of drug-likeness (QED) is 0.669. The molecule has 1 fully saturated rings. The molecule has 4 nitrogen and oxygen atoms in total. The van der Waals surface area contributed by atoms with Gasteiger partial charge in [0.05, 0.1) is 19.3 Å². The third kappa shape index (κ3) is 2.34. The van der Waals surface area contributed by atoms with Crippen molar-refractivity contribution in [2.24, 2.45) is 0 Å². The van der Waals surface area contributed by atoms with Gasteiger partial charge in [0.25, 0.3) is 0 Å². The number of nitrogens with zero attached hydrogens (tertiary/aromatic N) is 1. The average molecular weight is 224 g/mol. The topological polar surface area (TPSA) is 49.8 Å². The highest BCUT2D eigenvalue weighted by Crippen LogP contribution is 2.07. The Morgan fingerprint density at radius 3 is 3.09 bits per heavy atom. The van der Waals surface area contributed by atoms with Crippen molar-refractivity contribution in [1.29, 1.82) is 0 Å². The number of rotatable bonds is 1. The number of alkyl halides is 1. The number of hydrogen-bond acceptors (Lipinski definition) is 2. The SMILES string of the molecule is O=C(O)N1CCO[C@H](CBr)C1. The van der Waals surface area contributed by atoms with Crippen LogP contribution in [-0.2, 0) is 4.74 Å². The molecule has 0 aliphatic carbocycles. The smallest absolute Gasteiger partial charge is 0.407 e. The number of carboxylic acid groups (broad SMARTS) is 1. The van der Waals surface area contributed by atoms with Crippen molar-refractivity contribution in [3.8, 4) is 0 Å². The molecule has 0 aromatic carbocycles. The van der Waals surface area contributed by atoms with E-state index in [4.69, 9.17) is 9.84 Å².